The van der Waals surface area contributed by atoms with Gasteiger partial charge in [0, 0.05) is 16.8 Å². The van der Waals surface area contributed by atoms with Crippen molar-refractivity contribution in [3.63, 3.8) is 0 Å². The first-order chi connectivity index (χ1) is 12.2. The van der Waals surface area contributed by atoms with Gasteiger partial charge in [-0.05, 0) is 50.7 Å². The fourth-order valence-electron chi connectivity index (χ4n) is 3.64. The lowest BCUT2D eigenvalue weighted by Crippen LogP contribution is -2.16. The maximum absolute atomic E-state index is 4.86. The second-order valence-corrected chi connectivity index (χ2v) is 6.85. The van der Waals surface area contributed by atoms with Gasteiger partial charge in [-0.1, -0.05) is 37.3 Å². The van der Waals surface area contributed by atoms with Crippen LogP contribution in [0.1, 0.15) is 44.4 Å². The van der Waals surface area contributed by atoms with Crippen molar-refractivity contribution in [3.05, 3.63) is 53.2 Å². The van der Waals surface area contributed by atoms with E-state index in [0.29, 0.717) is 6.04 Å². The molecule has 1 unspecified atom stereocenters. The van der Waals surface area contributed by atoms with Crippen LogP contribution in [0.3, 0.4) is 0 Å². The Morgan fingerprint density at radius 2 is 1.88 bits per heavy atom. The Kier molecular flexibility index (Phi) is 4.35. The van der Waals surface area contributed by atoms with Gasteiger partial charge < -0.3 is 5.32 Å². The van der Waals surface area contributed by atoms with Crippen molar-refractivity contribution in [2.24, 2.45) is 4.99 Å². The van der Waals surface area contributed by atoms with Gasteiger partial charge >= 0.3 is 0 Å². The van der Waals surface area contributed by atoms with Crippen LogP contribution in [0.4, 0.5) is 5.82 Å². The molecule has 1 aliphatic carbocycles. The maximum atomic E-state index is 4.86. The van der Waals surface area contributed by atoms with Gasteiger partial charge in [-0.3, -0.25) is 4.99 Å². The van der Waals surface area contributed by atoms with Crippen molar-refractivity contribution < 1.29 is 0 Å². The van der Waals surface area contributed by atoms with Gasteiger partial charge in [-0.2, -0.15) is 0 Å². The third kappa shape index (κ3) is 3.21. The highest BCUT2D eigenvalue weighted by molar-refractivity contribution is 6.06. The summed E-state index contributed by atoms with van der Waals surface area (Å²) in [5.74, 6) is 2.66. The molecule has 2 aliphatic rings. The number of nitrogens with zero attached hydrogens (tertiary/aromatic N) is 3. The third-order valence-electron chi connectivity index (χ3n) is 5.03. The summed E-state index contributed by atoms with van der Waals surface area (Å²) in [6, 6.07) is 10.5. The lowest BCUT2D eigenvalue weighted by atomic mass is 9.96. The first kappa shape index (κ1) is 16.0. The van der Waals surface area contributed by atoms with Gasteiger partial charge in [0.1, 0.15) is 11.7 Å². The number of amidine groups is 1. The number of aromatic nitrogens is 2. The van der Waals surface area contributed by atoms with Crippen LogP contribution in [0.25, 0.3) is 11.4 Å². The quantitative estimate of drug-likeness (QED) is 0.895. The molecule has 2 aromatic rings. The first-order valence-electron chi connectivity index (χ1n) is 9.23. The Labute approximate surface area is 149 Å². The summed E-state index contributed by atoms with van der Waals surface area (Å²) in [6.07, 6.45) is 7.66. The summed E-state index contributed by atoms with van der Waals surface area (Å²) >= 11 is 0. The van der Waals surface area contributed by atoms with Gasteiger partial charge in [0.25, 0.3) is 0 Å². The first-order valence-corrected chi connectivity index (χ1v) is 9.23. The number of anilines is 1. The van der Waals surface area contributed by atoms with E-state index in [0.717, 1.165) is 42.3 Å². The van der Waals surface area contributed by atoms with E-state index in [1.165, 1.54) is 29.7 Å². The molecular weight excluding hydrogens is 308 g/mol. The van der Waals surface area contributed by atoms with Crippen molar-refractivity contribution in [2.45, 2.75) is 52.0 Å². The molecule has 1 aliphatic heterocycles. The minimum Gasteiger partial charge on any atom is -0.325 e. The van der Waals surface area contributed by atoms with Crippen molar-refractivity contribution in [2.75, 3.05) is 5.32 Å². The predicted octanol–water partition coefficient (Wildman–Crippen LogP) is 4.57. The summed E-state index contributed by atoms with van der Waals surface area (Å²) < 4.78 is 0. The number of aliphatic imine (C=N–C) groups is 1. The van der Waals surface area contributed by atoms with Crippen LogP contribution in [-0.2, 0) is 12.8 Å². The van der Waals surface area contributed by atoms with Gasteiger partial charge in [0.15, 0.2) is 5.82 Å². The van der Waals surface area contributed by atoms with Gasteiger partial charge in [-0.15, -0.1) is 0 Å². The summed E-state index contributed by atoms with van der Waals surface area (Å²) in [5.41, 5.74) is 4.83. The Morgan fingerprint density at radius 1 is 1.08 bits per heavy atom. The van der Waals surface area contributed by atoms with Crippen molar-refractivity contribution in [3.8, 4) is 11.4 Å². The standard InChI is InChI=1S/C21H24N4/c1-3-17-14(2)13-19(22-17)24-21-16-11-7-8-12-18(16)23-20(25-21)15-9-5-4-6-10-15/h4-6,9-10,13,17H,3,7-8,11-12H2,1-2H3,(H,22,23,24,25). The second-order valence-electron chi connectivity index (χ2n) is 6.85. The molecule has 4 nitrogen and oxygen atoms in total. The van der Waals surface area contributed by atoms with Crippen LogP contribution in [0.2, 0.25) is 0 Å². The third-order valence-corrected chi connectivity index (χ3v) is 5.03. The average molecular weight is 332 g/mol. The highest BCUT2D eigenvalue weighted by Gasteiger charge is 2.21. The Hall–Kier alpha value is -2.49. The average Bonchev–Trinajstić information content (AvgIpc) is 3.01. The minimum atomic E-state index is 0.300. The molecule has 4 heteroatoms. The van der Waals surface area contributed by atoms with Crippen LogP contribution in [-0.4, -0.2) is 21.8 Å². The molecule has 1 atom stereocenters. The molecule has 0 saturated heterocycles. The van der Waals surface area contributed by atoms with Crippen LogP contribution >= 0.6 is 0 Å². The minimum absolute atomic E-state index is 0.300. The van der Waals surface area contributed by atoms with E-state index in [1.807, 2.05) is 18.2 Å². The van der Waals surface area contributed by atoms with E-state index in [2.05, 4.69) is 37.4 Å². The highest BCUT2D eigenvalue weighted by atomic mass is 15.1. The molecule has 0 fully saturated rings. The Morgan fingerprint density at radius 3 is 2.64 bits per heavy atom. The van der Waals surface area contributed by atoms with E-state index < -0.39 is 0 Å². The van der Waals surface area contributed by atoms with Crippen LogP contribution in [0.15, 0.2) is 47.0 Å². The zero-order valence-corrected chi connectivity index (χ0v) is 14.9. The molecule has 0 spiro atoms. The van der Waals surface area contributed by atoms with Crippen molar-refractivity contribution in [1.82, 2.24) is 9.97 Å². The largest absolute Gasteiger partial charge is 0.325 e. The van der Waals surface area contributed by atoms with Gasteiger partial charge in [0.2, 0.25) is 0 Å². The SMILES string of the molecule is CCC1N=C(Nc2nc(-c3ccccc3)nc3c2CCCC3)C=C1C. The van der Waals surface area contributed by atoms with Crippen molar-refractivity contribution >= 4 is 11.7 Å². The number of fused-ring (bicyclic) bond motifs is 1. The number of hydrogen-bond donors (Lipinski definition) is 1. The topological polar surface area (TPSA) is 50.2 Å². The Balaban J connectivity index is 1.73. The van der Waals surface area contributed by atoms with Crippen LogP contribution in [0, 0.1) is 0 Å². The van der Waals surface area contributed by atoms with E-state index >= 15 is 0 Å². The molecule has 0 saturated carbocycles. The van der Waals surface area contributed by atoms with Crippen LogP contribution in [0.5, 0.6) is 0 Å². The lowest BCUT2D eigenvalue weighted by Gasteiger charge is -2.19. The zero-order chi connectivity index (χ0) is 17.2. The summed E-state index contributed by atoms with van der Waals surface area (Å²) in [7, 11) is 0. The summed E-state index contributed by atoms with van der Waals surface area (Å²) in [4.78, 5) is 14.5. The number of aryl methyl sites for hydroxylation is 1. The van der Waals surface area contributed by atoms with E-state index in [4.69, 9.17) is 15.0 Å². The molecule has 1 N–H and O–H groups in total. The fourth-order valence-corrected chi connectivity index (χ4v) is 3.64. The normalized spacial score (nSPS) is 19.2. The number of benzene rings is 1. The van der Waals surface area contributed by atoms with Gasteiger partial charge in [0.05, 0.1) is 6.04 Å². The van der Waals surface area contributed by atoms with Crippen LogP contribution < -0.4 is 5.32 Å². The molecule has 4 rings (SSSR count). The molecule has 25 heavy (non-hydrogen) atoms. The van der Waals surface area contributed by atoms with E-state index in [9.17, 15) is 0 Å². The summed E-state index contributed by atoms with van der Waals surface area (Å²) in [6.45, 7) is 4.33. The molecule has 1 aromatic heterocycles. The van der Waals surface area contributed by atoms with E-state index in [-0.39, 0.29) is 0 Å². The molecule has 1 aromatic carbocycles. The molecule has 0 radical (unpaired) electrons. The maximum Gasteiger partial charge on any atom is 0.161 e. The number of nitrogens with one attached hydrogen (secondary N) is 1. The number of hydrogen-bond acceptors (Lipinski definition) is 4. The van der Waals surface area contributed by atoms with E-state index in [1.54, 1.807) is 0 Å². The predicted molar refractivity (Wildman–Crippen MR) is 103 cm³/mol. The molecule has 0 bridgehead atoms. The van der Waals surface area contributed by atoms with Crippen molar-refractivity contribution in [1.29, 1.82) is 0 Å². The van der Waals surface area contributed by atoms with Gasteiger partial charge in [-0.25, -0.2) is 9.97 Å². The summed E-state index contributed by atoms with van der Waals surface area (Å²) in [5, 5.41) is 3.50. The molecule has 2 heterocycles. The highest BCUT2D eigenvalue weighted by Crippen LogP contribution is 2.29. The zero-order valence-electron chi connectivity index (χ0n) is 14.9. The second kappa shape index (κ2) is 6.79. The molecule has 0 amide bonds. The molecule has 128 valence electrons. The molecular formula is C21H24N4. The lowest BCUT2D eigenvalue weighted by molar-refractivity contribution is 0.665. The Bertz CT molecular complexity index is 836. The monoisotopic (exact) mass is 332 g/mol. The number of rotatable bonds is 3. The smallest absolute Gasteiger partial charge is 0.161 e. The fraction of sp³-hybridized carbons (Fsp3) is 0.381.